The lowest BCUT2D eigenvalue weighted by molar-refractivity contribution is 0.0166. The average molecular weight is 333 g/mol. The first-order valence-electron chi connectivity index (χ1n) is 8.48. The highest BCUT2D eigenvalue weighted by atomic mass is 16.6. The molecule has 2 heterocycles. The average Bonchev–Trinajstić information content (AvgIpc) is 2.54. The highest BCUT2D eigenvalue weighted by molar-refractivity contribution is 5.95. The van der Waals surface area contributed by atoms with E-state index >= 15 is 0 Å². The second-order valence-electron chi connectivity index (χ2n) is 7.20. The van der Waals surface area contributed by atoms with Gasteiger partial charge in [-0.3, -0.25) is 9.78 Å². The summed E-state index contributed by atoms with van der Waals surface area (Å²) in [5, 5.41) is 3.19. The Morgan fingerprint density at radius 2 is 2.17 bits per heavy atom. The van der Waals surface area contributed by atoms with Crippen LogP contribution in [0, 0.1) is 5.92 Å². The van der Waals surface area contributed by atoms with Crippen molar-refractivity contribution in [1.82, 2.24) is 15.2 Å². The third kappa shape index (κ3) is 5.92. The second kappa shape index (κ2) is 8.24. The molecule has 1 aliphatic rings. The summed E-state index contributed by atoms with van der Waals surface area (Å²) < 4.78 is 5.43. The van der Waals surface area contributed by atoms with Crippen LogP contribution in [0.5, 0.6) is 0 Å². The number of aromatic nitrogens is 1. The number of nitrogens with one attached hydrogen (secondary N) is 1. The van der Waals surface area contributed by atoms with Gasteiger partial charge in [-0.1, -0.05) is 6.07 Å². The molecule has 132 valence electrons. The second-order valence-corrected chi connectivity index (χ2v) is 7.20. The lowest BCUT2D eigenvalue weighted by Crippen LogP contribution is -2.45. The minimum atomic E-state index is -0.475. The van der Waals surface area contributed by atoms with Gasteiger partial charge in [0.15, 0.2) is 5.78 Å². The number of carbonyl (C=O) groups excluding carboxylic acids is 2. The number of pyridine rings is 1. The van der Waals surface area contributed by atoms with E-state index < -0.39 is 5.60 Å². The minimum absolute atomic E-state index is 0.0181. The van der Waals surface area contributed by atoms with Gasteiger partial charge in [0.25, 0.3) is 0 Å². The molecule has 0 spiro atoms. The van der Waals surface area contributed by atoms with Crippen LogP contribution in [0.2, 0.25) is 0 Å². The molecule has 24 heavy (non-hydrogen) atoms. The van der Waals surface area contributed by atoms with Gasteiger partial charge in [-0.2, -0.15) is 0 Å². The molecule has 1 aromatic rings. The maximum absolute atomic E-state index is 12.1. The van der Waals surface area contributed by atoms with Crippen LogP contribution in [0.3, 0.4) is 0 Å². The summed E-state index contributed by atoms with van der Waals surface area (Å²) >= 11 is 0. The van der Waals surface area contributed by atoms with Gasteiger partial charge in [-0.05, 0) is 51.7 Å². The van der Waals surface area contributed by atoms with Crippen LogP contribution in [-0.4, -0.2) is 53.5 Å². The Morgan fingerprint density at radius 1 is 1.38 bits per heavy atom. The molecule has 6 nitrogen and oxygen atoms in total. The van der Waals surface area contributed by atoms with E-state index in [2.05, 4.69) is 10.3 Å². The zero-order valence-electron chi connectivity index (χ0n) is 14.7. The number of carbonyl (C=O) groups is 2. The van der Waals surface area contributed by atoms with E-state index in [-0.39, 0.29) is 18.4 Å². The smallest absolute Gasteiger partial charge is 0.410 e. The van der Waals surface area contributed by atoms with Crippen molar-refractivity contribution in [2.75, 3.05) is 26.2 Å². The first-order chi connectivity index (χ1) is 11.3. The van der Waals surface area contributed by atoms with Crippen molar-refractivity contribution in [3.63, 3.8) is 0 Å². The summed E-state index contributed by atoms with van der Waals surface area (Å²) in [6.45, 7) is 7.99. The van der Waals surface area contributed by atoms with E-state index in [0.717, 1.165) is 19.4 Å². The fourth-order valence-electron chi connectivity index (χ4n) is 2.73. The third-order valence-corrected chi connectivity index (χ3v) is 3.84. The van der Waals surface area contributed by atoms with E-state index in [4.69, 9.17) is 4.74 Å². The molecule has 1 N–H and O–H groups in total. The van der Waals surface area contributed by atoms with Crippen molar-refractivity contribution in [3.05, 3.63) is 30.1 Å². The molecule has 0 radical (unpaired) electrons. The van der Waals surface area contributed by atoms with Crippen LogP contribution in [-0.2, 0) is 4.74 Å². The Morgan fingerprint density at radius 3 is 2.83 bits per heavy atom. The summed E-state index contributed by atoms with van der Waals surface area (Å²) in [5.74, 6) is 0.318. The molecule has 0 aromatic carbocycles. The van der Waals surface area contributed by atoms with Crippen molar-refractivity contribution < 1.29 is 14.3 Å². The van der Waals surface area contributed by atoms with Crippen molar-refractivity contribution in [2.45, 2.75) is 39.2 Å². The number of likely N-dealkylation sites (tertiary alicyclic amines) is 1. The summed E-state index contributed by atoms with van der Waals surface area (Å²) in [6, 6.07) is 5.31. The van der Waals surface area contributed by atoms with Gasteiger partial charge in [-0.15, -0.1) is 0 Å². The Kier molecular flexibility index (Phi) is 6.31. The van der Waals surface area contributed by atoms with Crippen LogP contribution >= 0.6 is 0 Å². The van der Waals surface area contributed by atoms with Gasteiger partial charge in [0.05, 0.1) is 6.54 Å². The number of Topliss-reactive ketones (excluding diaryl/α,β-unsaturated/α-hetero) is 1. The Labute approximate surface area is 143 Å². The SMILES string of the molecule is CC(C)(C)OC(=O)N1CCCC(CNCC(=O)c2ccccn2)C1. The summed E-state index contributed by atoms with van der Waals surface area (Å²) in [6.07, 6.45) is 3.37. The van der Waals surface area contributed by atoms with E-state index in [1.807, 2.05) is 20.8 Å². The lowest BCUT2D eigenvalue weighted by Gasteiger charge is -2.34. The fraction of sp³-hybridized carbons (Fsp3) is 0.611. The molecule has 1 unspecified atom stereocenters. The number of ether oxygens (including phenoxy) is 1. The molecule has 1 fully saturated rings. The van der Waals surface area contributed by atoms with E-state index in [1.54, 1.807) is 29.3 Å². The van der Waals surface area contributed by atoms with Gasteiger partial charge in [0.1, 0.15) is 11.3 Å². The van der Waals surface area contributed by atoms with Crippen LogP contribution in [0.4, 0.5) is 4.79 Å². The number of rotatable bonds is 5. The molecule has 1 atom stereocenters. The van der Waals surface area contributed by atoms with Gasteiger partial charge in [-0.25, -0.2) is 4.79 Å². The zero-order valence-corrected chi connectivity index (χ0v) is 14.7. The van der Waals surface area contributed by atoms with Crippen molar-refractivity contribution in [1.29, 1.82) is 0 Å². The standard InChI is InChI=1S/C18H27N3O3/c1-18(2,3)24-17(23)21-10-6-7-14(13-21)11-19-12-16(22)15-8-4-5-9-20-15/h4-5,8-9,14,19H,6-7,10-13H2,1-3H3. The molecule has 6 heteroatoms. The lowest BCUT2D eigenvalue weighted by atomic mass is 9.98. The maximum Gasteiger partial charge on any atom is 0.410 e. The minimum Gasteiger partial charge on any atom is -0.444 e. The molecule has 0 saturated carbocycles. The van der Waals surface area contributed by atoms with E-state index in [0.29, 0.717) is 24.7 Å². The van der Waals surface area contributed by atoms with Crippen LogP contribution < -0.4 is 5.32 Å². The summed E-state index contributed by atoms with van der Waals surface area (Å²) in [5.41, 5.74) is 0.00113. The van der Waals surface area contributed by atoms with Crippen LogP contribution in [0.25, 0.3) is 0 Å². The molecule has 1 saturated heterocycles. The molecule has 0 bridgehead atoms. The fourth-order valence-corrected chi connectivity index (χ4v) is 2.73. The van der Waals surface area contributed by atoms with Crippen molar-refractivity contribution >= 4 is 11.9 Å². The van der Waals surface area contributed by atoms with Crippen molar-refractivity contribution in [3.8, 4) is 0 Å². The molecule has 1 amide bonds. The van der Waals surface area contributed by atoms with Gasteiger partial charge >= 0.3 is 6.09 Å². The number of amides is 1. The molecule has 1 aromatic heterocycles. The van der Waals surface area contributed by atoms with Gasteiger partial charge in [0.2, 0.25) is 0 Å². The van der Waals surface area contributed by atoms with Gasteiger partial charge < -0.3 is 15.0 Å². The molecular weight excluding hydrogens is 306 g/mol. The van der Waals surface area contributed by atoms with Gasteiger partial charge in [0, 0.05) is 25.8 Å². The Balaban J connectivity index is 1.75. The summed E-state index contributed by atoms with van der Waals surface area (Å²) in [7, 11) is 0. The topological polar surface area (TPSA) is 71.5 Å². The Bertz CT molecular complexity index is 554. The normalized spacial score (nSPS) is 18.3. The predicted octanol–water partition coefficient (Wildman–Crippen LogP) is 2.50. The van der Waals surface area contributed by atoms with Crippen LogP contribution in [0.1, 0.15) is 44.1 Å². The highest BCUT2D eigenvalue weighted by Gasteiger charge is 2.27. The third-order valence-electron chi connectivity index (χ3n) is 3.84. The quantitative estimate of drug-likeness (QED) is 0.838. The highest BCUT2D eigenvalue weighted by Crippen LogP contribution is 2.18. The monoisotopic (exact) mass is 333 g/mol. The first-order valence-corrected chi connectivity index (χ1v) is 8.48. The summed E-state index contributed by atoms with van der Waals surface area (Å²) in [4.78, 5) is 30.0. The molecule has 0 aliphatic carbocycles. The molecular formula is C18H27N3O3. The maximum atomic E-state index is 12.1. The van der Waals surface area contributed by atoms with E-state index in [1.165, 1.54) is 0 Å². The Hall–Kier alpha value is -1.95. The number of ketones is 1. The number of piperidine rings is 1. The number of hydrogen-bond acceptors (Lipinski definition) is 5. The largest absolute Gasteiger partial charge is 0.444 e. The zero-order chi connectivity index (χ0) is 17.6. The predicted molar refractivity (Wildman–Crippen MR) is 92.0 cm³/mol. The molecule has 1 aliphatic heterocycles. The first kappa shape index (κ1) is 18.4. The van der Waals surface area contributed by atoms with E-state index in [9.17, 15) is 9.59 Å². The number of hydrogen-bond donors (Lipinski definition) is 1. The van der Waals surface area contributed by atoms with Crippen LogP contribution in [0.15, 0.2) is 24.4 Å². The molecule has 2 rings (SSSR count). The van der Waals surface area contributed by atoms with Crippen molar-refractivity contribution in [2.24, 2.45) is 5.92 Å². The number of nitrogens with zero attached hydrogens (tertiary/aromatic N) is 2.